The maximum Gasteiger partial charge on any atom is 0.304 e. The summed E-state index contributed by atoms with van der Waals surface area (Å²) in [4.78, 5) is 14.8. The molecule has 100 valence electrons. The number of benzene rings is 1. The summed E-state index contributed by atoms with van der Waals surface area (Å²) in [6.45, 7) is 1.87. The molecule has 1 atom stereocenters. The minimum Gasteiger partial charge on any atom is -0.481 e. The quantitative estimate of drug-likeness (QED) is 0.875. The van der Waals surface area contributed by atoms with Gasteiger partial charge in [0.2, 0.25) is 11.7 Å². The summed E-state index contributed by atoms with van der Waals surface area (Å²) in [6, 6.07) is 9.57. The molecule has 1 heterocycles. The lowest BCUT2D eigenvalue weighted by Gasteiger charge is -2.04. The Morgan fingerprint density at radius 3 is 2.84 bits per heavy atom. The molecule has 0 aliphatic rings. The predicted octanol–water partition coefficient (Wildman–Crippen LogP) is 2.83. The number of hydrogen-bond acceptors (Lipinski definition) is 5. The molecule has 1 aromatic carbocycles. The van der Waals surface area contributed by atoms with Crippen LogP contribution in [0.25, 0.3) is 11.4 Å². The van der Waals surface area contributed by atoms with Crippen molar-refractivity contribution in [2.24, 2.45) is 0 Å². The fraction of sp³-hybridized carbons (Fsp3) is 0.308. The Bertz CT molecular complexity index is 542. The first kappa shape index (κ1) is 13.6. The van der Waals surface area contributed by atoms with Gasteiger partial charge in [0, 0.05) is 10.8 Å². The molecule has 6 heteroatoms. The lowest BCUT2D eigenvalue weighted by atomic mass is 10.2. The van der Waals surface area contributed by atoms with Crippen molar-refractivity contribution >= 4 is 17.7 Å². The number of carboxylic acid groups (broad SMARTS) is 1. The second kappa shape index (κ2) is 6.38. The highest BCUT2D eigenvalue weighted by Gasteiger charge is 2.12. The van der Waals surface area contributed by atoms with Crippen LogP contribution in [0.2, 0.25) is 0 Å². The molecule has 0 amide bonds. The number of carbonyl (C=O) groups is 1. The normalized spacial score (nSPS) is 12.3. The van der Waals surface area contributed by atoms with Crippen LogP contribution in [0.15, 0.2) is 34.9 Å². The lowest BCUT2D eigenvalue weighted by molar-refractivity contribution is -0.136. The summed E-state index contributed by atoms with van der Waals surface area (Å²) in [6.07, 6.45) is 0.129. The molecule has 1 N–H and O–H groups in total. The van der Waals surface area contributed by atoms with E-state index in [1.807, 2.05) is 37.3 Å². The van der Waals surface area contributed by atoms with E-state index in [2.05, 4.69) is 10.1 Å². The molecule has 0 saturated carbocycles. The minimum absolute atomic E-state index is 0.0181. The first-order chi connectivity index (χ1) is 9.15. The van der Waals surface area contributed by atoms with Crippen LogP contribution in [0, 0.1) is 0 Å². The molecule has 0 radical (unpaired) electrons. The van der Waals surface area contributed by atoms with E-state index in [1.165, 1.54) is 11.8 Å². The Morgan fingerprint density at radius 1 is 1.42 bits per heavy atom. The van der Waals surface area contributed by atoms with Crippen molar-refractivity contribution in [3.8, 4) is 11.4 Å². The zero-order valence-electron chi connectivity index (χ0n) is 10.4. The van der Waals surface area contributed by atoms with E-state index >= 15 is 0 Å². The van der Waals surface area contributed by atoms with Crippen LogP contribution >= 0.6 is 11.8 Å². The van der Waals surface area contributed by atoms with Gasteiger partial charge in [-0.25, -0.2) is 0 Å². The van der Waals surface area contributed by atoms with Crippen LogP contribution in [0.4, 0.5) is 0 Å². The van der Waals surface area contributed by atoms with Gasteiger partial charge in [0.05, 0.1) is 12.2 Å². The first-order valence-corrected chi connectivity index (χ1v) is 6.91. The van der Waals surface area contributed by atoms with Crippen LogP contribution in [0.1, 0.15) is 19.2 Å². The van der Waals surface area contributed by atoms with Crippen LogP contribution in [-0.4, -0.2) is 26.5 Å². The first-order valence-electron chi connectivity index (χ1n) is 5.86. The molecular weight excluding hydrogens is 264 g/mol. The molecule has 2 rings (SSSR count). The van der Waals surface area contributed by atoms with Gasteiger partial charge in [0.25, 0.3) is 0 Å². The van der Waals surface area contributed by atoms with E-state index in [0.717, 1.165) is 5.56 Å². The average Bonchev–Trinajstić information content (AvgIpc) is 2.85. The van der Waals surface area contributed by atoms with Crippen LogP contribution in [0.5, 0.6) is 0 Å². The van der Waals surface area contributed by atoms with Gasteiger partial charge in [0.1, 0.15) is 0 Å². The SMILES string of the molecule is CC(CC(=O)O)SCc1nc(-c2ccccc2)no1. The van der Waals surface area contributed by atoms with E-state index in [-0.39, 0.29) is 11.7 Å². The molecule has 0 aliphatic carbocycles. The average molecular weight is 278 g/mol. The zero-order chi connectivity index (χ0) is 13.7. The second-order valence-corrected chi connectivity index (χ2v) is 5.52. The number of hydrogen-bond donors (Lipinski definition) is 1. The fourth-order valence-electron chi connectivity index (χ4n) is 1.54. The van der Waals surface area contributed by atoms with E-state index < -0.39 is 5.97 Å². The summed E-state index contributed by atoms with van der Waals surface area (Å²) in [5, 5.41) is 12.6. The van der Waals surface area contributed by atoms with Gasteiger partial charge >= 0.3 is 5.97 Å². The van der Waals surface area contributed by atoms with E-state index in [9.17, 15) is 4.79 Å². The van der Waals surface area contributed by atoms with E-state index in [0.29, 0.717) is 17.5 Å². The van der Waals surface area contributed by atoms with Crippen molar-refractivity contribution < 1.29 is 14.4 Å². The predicted molar refractivity (Wildman–Crippen MR) is 72.7 cm³/mol. The zero-order valence-corrected chi connectivity index (χ0v) is 11.3. The standard InChI is InChI=1S/C13H14N2O3S/c1-9(7-12(16)17)19-8-11-14-13(15-18-11)10-5-3-2-4-6-10/h2-6,9H,7-8H2,1H3,(H,16,17). The monoisotopic (exact) mass is 278 g/mol. The highest BCUT2D eigenvalue weighted by Crippen LogP contribution is 2.21. The third kappa shape index (κ3) is 4.10. The van der Waals surface area contributed by atoms with Crippen LogP contribution in [-0.2, 0) is 10.5 Å². The van der Waals surface area contributed by atoms with Gasteiger partial charge in [-0.05, 0) is 0 Å². The largest absolute Gasteiger partial charge is 0.481 e. The number of thioether (sulfide) groups is 1. The molecule has 0 bridgehead atoms. The van der Waals surface area contributed by atoms with Crippen molar-refractivity contribution in [3.05, 3.63) is 36.2 Å². The smallest absolute Gasteiger partial charge is 0.304 e. The highest BCUT2D eigenvalue weighted by molar-refractivity contribution is 7.99. The van der Waals surface area contributed by atoms with Crippen molar-refractivity contribution in [1.82, 2.24) is 10.1 Å². The molecule has 0 spiro atoms. The molecule has 0 aliphatic heterocycles. The van der Waals surface area contributed by atoms with Gasteiger partial charge in [-0.1, -0.05) is 42.4 Å². The van der Waals surface area contributed by atoms with Gasteiger partial charge in [0.15, 0.2) is 0 Å². The lowest BCUT2D eigenvalue weighted by Crippen LogP contribution is -2.05. The molecule has 0 saturated heterocycles. The van der Waals surface area contributed by atoms with E-state index in [4.69, 9.17) is 9.63 Å². The van der Waals surface area contributed by atoms with Gasteiger partial charge in [-0.15, -0.1) is 11.8 Å². The van der Waals surface area contributed by atoms with Crippen molar-refractivity contribution in [1.29, 1.82) is 0 Å². The third-order valence-corrected chi connectivity index (χ3v) is 3.60. The number of nitrogens with zero attached hydrogens (tertiary/aromatic N) is 2. The van der Waals surface area contributed by atoms with Gasteiger partial charge < -0.3 is 9.63 Å². The Hall–Kier alpha value is -1.82. The summed E-state index contributed by atoms with van der Waals surface area (Å²) in [5.41, 5.74) is 0.904. The maximum atomic E-state index is 10.5. The molecule has 2 aromatic rings. The number of aliphatic carboxylic acids is 1. The molecule has 1 aromatic heterocycles. The minimum atomic E-state index is -0.796. The van der Waals surface area contributed by atoms with Crippen LogP contribution in [0.3, 0.4) is 0 Å². The molecule has 0 fully saturated rings. The Balaban J connectivity index is 1.93. The molecule has 1 unspecified atom stereocenters. The second-order valence-electron chi connectivity index (χ2n) is 4.10. The molecular formula is C13H14N2O3S. The third-order valence-electron chi connectivity index (χ3n) is 2.45. The topological polar surface area (TPSA) is 76.2 Å². The maximum absolute atomic E-state index is 10.5. The van der Waals surface area contributed by atoms with Crippen LogP contribution < -0.4 is 0 Å². The Labute approximate surface area is 115 Å². The number of carboxylic acids is 1. The Morgan fingerprint density at radius 2 is 2.16 bits per heavy atom. The van der Waals surface area contributed by atoms with Crippen molar-refractivity contribution in [3.63, 3.8) is 0 Å². The van der Waals surface area contributed by atoms with Crippen molar-refractivity contribution in [2.75, 3.05) is 0 Å². The van der Waals surface area contributed by atoms with Gasteiger partial charge in [-0.2, -0.15) is 4.98 Å². The number of aromatic nitrogens is 2. The summed E-state index contributed by atoms with van der Waals surface area (Å²) < 4.78 is 5.15. The summed E-state index contributed by atoms with van der Waals surface area (Å²) in [7, 11) is 0. The summed E-state index contributed by atoms with van der Waals surface area (Å²) in [5.74, 6) is 0.799. The van der Waals surface area contributed by atoms with Gasteiger partial charge in [-0.3, -0.25) is 4.79 Å². The Kier molecular flexibility index (Phi) is 4.57. The highest BCUT2D eigenvalue weighted by atomic mass is 32.2. The fourth-order valence-corrected chi connectivity index (χ4v) is 2.34. The van der Waals surface area contributed by atoms with E-state index in [1.54, 1.807) is 0 Å². The number of rotatable bonds is 6. The molecule has 19 heavy (non-hydrogen) atoms. The van der Waals surface area contributed by atoms with Crippen molar-refractivity contribution in [2.45, 2.75) is 24.3 Å². The summed E-state index contributed by atoms with van der Waals surface area (Å²) >= 11 is 1.49. The molecule has 5 nitrogen and oxygen atoms in total.